The summed E-state index contributed by atoms with van der Waals surface area (Å²) in [6.07, 6.45) is 8.50. The van der Waals surface area contributed by atoms with E-state index >= 15 is 0 Å². The molecule has 1 aromatic heterocycles. The van der Waals surface area contributed by atoms with Gasteiger partial charge in [-0.3, -0.25) is 19.6 Å². The number of benzene rings is 1. The van der Waals surface area contributed by atoms with Gasteiger partial charge in [0.1, 0.15) is 0 Å². The maximum absolute atomic E-state index is 12.6. The van der Waals surface area contributed by atoms with Crippen LogP contribution < -0.4 is 5.32 Å². The molecule has 6 nitrogen and oxygen atoms in total. The molecular weight excluding hydrogens is 306 g/mol. The average molecular weight is 327 g/mol. The summed E-state index contributed by atoms with van der Waals surface area (Å²) in [4.78, 5) is 32.5. The van der Waals surface area contributed by atoms with Crippen LogP contribution in [0.25, 0.3) is 11.0 Å². The third-order valence-electron chi connectivity index (χ3n) is 4.63. The highest BCUT2D eigenvalue weighted by Gasteiger charge is 2.30. The summed E-state index contributed by atoms with van der Waals surface area (Å²) < 4.78 is 0. The molecule has 2 aromatic rings. The minimum Gasteiger partial charge on any atom is -0.481 e. The molecule has 0 aliphatic heterocycles. The van der Waals surface area contributed by atoms with Crippen molar-refractivity contribution in [2.24, 2.45) is 5.92 Å². The highest BCUT2D eigenvalue weighted by molar-refractivity contribution is 5.97. The zero-order chi connectivity index (χ0) is 16.9. The van der Waals surface area contributed by atoms with Crippen molar-refractivity contribution >= 4 is 22.9 Å². The van der Waals surface area contributed by atoms with E-state index in [1.807, 2.05) is 0 Å². The molecule has 1 aliphatic rings. The molecule has 2 atom stereocenters. The van der Waals surface area contributed by atoms with Crippen molar-refractivity contribution in [1.82, 2.24) is 15.3 Å². The molecule has 3 rings (SSSR count). The Morgan fingerprint density at radius 2 is 1.71 bits per heavy atom. The minimum absolute atomic E-state index is 0.251. The summed E-state index contributed by atoms with van der Waals surface area (Å²) in [5, 5.41) is 12.4. The molecule has 24 heavy (non-hydrogen) atoms. The fourth-order valence-corrected chi connectivity index (χ4v) is 3.31. The normalized spacial score (nSPS) is 21.7. The minimum atomic E-state index is -0.827. The van der Waals surface area contributed by atoms with Gasteiger partial charge in [0.05, 0.1) is 17.0 Å². The summed E-state index contributed by atoms with van der Waals surface area (Å²) >= 11 is 0. The lowest BCUT2D eigenvalue weighted by Gasteiger charge is -2.27. The smallest absolute Gasteiger partial charge is 0.308 e. The third kappa shape index (κ3) is 3.69. The van der Waals surface area contributed by atoms with Crippen molar-refractivity contribution in [2.75, 3.05) is 0 Å². The van der Waals surface area contributed by atoms with Gasteiger partial charge in [-0.25, -0.2) is 0 Å². The number of aromatic nitrogens is 2. The van der Waals surface area contributed by atoms with Crippen LogP contribution in [-0.4, -0.2) is 33.0 Å². The molecular formula is C18H21N3O3. The van der Waals surface area contributed by atoms with Crippen LogP contribution in [0.2, 0.25) is 0 Å². The van der Waals surface area contributed by atoms with Crippen LogP contribution in [0.3, 0.4) is 0 Å². The molecule has 1 amide bonds. The number of nitrogens with zero attached hydrogens (tertiary/aromatic N) is 2. The second-order valence-electron chi connectivity index (χ2n) is 6.28. The van der Waals surface area contributed by atoms with Gasteiger partial charge in [0.25, 0.3) is 5.91 Å². The largest absolute Gasteiger partial charge is 0.481 e. The first-order valence-electron chi connectivity index (χ1n) is 8.39. The van der Waals surface area contributed by atoms with Crippen LogP contribution in [-0.2, 0) is 4.79 Å². The van der Waals surface area contributed by atoms with Crippen LogP contribution in [0, 0.1) is 5.92 Å². The number of fused-ring (bicyclic) bond motifs is 1. The van der Waals surface area contributed by atoms with Crippen LogP contribution in [0.5, 0.6) is 0 Å². The number of hydrogen-bond donors (Lipinski definition) is 2. The summed E-state index contributed by atoms with van der Waals surface area (Å²) in [6.45, 7) is 0. The Bertz CT molecular complexity index is 747. The maximum Gasteiger partial charge on any atom is 0.308 e. The predicted octanol–water partition coefficient (Wildman–Crippen LogP) is 2.78. The molecule has 126 valence electrons. The summed E-state index contributed by atoms with van der Waals surface area (Å²) in [6, 6.07) is 4.82. The van der Waals surface area contributed by atoms with Gasteiger partial charge in [0, 0.05) is 24.0 Å². The lowest BCUT2D eigenvalue weighted by Crippen LogP contribution is -2.43. The average Bonchev–Trinajstić information content (AvgIpc) is 2.56. The van der Waals surface area contributed by atoms with Gasteiger partial charge < -0.3 is 10.4 Å². The molecule has 0 spiro atoms. The number of carbonyl (C=O) groups is 2. The van der Waals surface area contributed by atoms with Crippen LogP contribution in [0.1, 0.15) is 48.9 Å². The molecule has 1 heterocycles. The molecule has 1 aliphatic carbocycles. The molecule has 0 bridgehead atoms. The van der Waals surface area contributed by atoms with Crippen LogP contribution >= 0.6 is 0 Å². The molecule has 6 heteroatoms. The predicted molar refractivity (Wildman–Crippen MR) is 89.6 cm³/mol. The Hall–Kier alpha value is -2.50. The zero-order valence-electron chi connectivity index (χ0n) is 13.4. The molecule has 1 fully saturated rings. The second kappa shape index (κ2) is 7.38. The van der Waals surface area contributed by atoms with Crippen molar-refractivity contribution < 1.29 is 14.7 Å². The standard InChI is InChI=1S/C18H21N3O3/c22-17(12-7-8-15-16(11-12)20-10-9-19-15)21-14-6-4-2-1-3-5-13(14)18(23)24/h7-11,13-14H,1-6H2,(H,21,22)(H,23,24). The van der Waals surface area contributed by atoms with E-state index in [1.54, 1.807) is 30.6 Å². The van der Waals surface area contributed by atoms with Crippen molar-refractivity contribution in [1.29, 1.82) is 0 Å². The van der Waals surface area contributed by atoms with Gasteiger partial charge in [-0.05, 0) is 31.0 Å². The summed E-state index contributed by atoms with van der Waals surface area (Å²) in [5.74, 6) is -1.60. The van der Waals surface area contributed by atoms with Crippen molar-refractivity contribution in [2.45, 2.75) is 44.6 Å². The quantitative estimate of drug-likeness (QED) is 0.904. The Labute approximate surface area is 140 Å². The Morgan fingerprint density at radius 1 is 1.00 bits per heavy atom. The molecule has 0 saturated heterocycles. The number of aliphatic carboxylic acids is 1. The highest BCUT2D eigenvalue weighted by Crippen LogP contribution is 2.24. The van der Waals surface area contributed by atoms with Gasteiger partial charge in [-0.1, -0.05) is 25.7 Å². The lowest BCUT2D eigenvalue weighted by molar-refractivity contribution is -0.143. The Morgan fingerprint density at radius 3 is 2.46 bits per heavy atom. The van der Waals surface area contributed by atoms with Gasteiger partial charge in [-0.2, -0.15) is 0 Å². The van der Waals surface area contributed by atoms with Crippen LogP contribution in [0.15, 0.2) is 30.6 Å². The summed E-state index contributed by atoms with van der Waals surface area (Å²) in [5.41, 5.74) is 1.86. The Kier molecular flexibility index (Phi) is 5.03. The van der Waals surface area contributed by atoms with E-state index in [0.717, 1.165) is 31.2 Å². The zero-order valence-corrected chi connectivity index (χ0v) is 13.4. The van der Waals surface area contributed by atoms with E-state index in [1.165, 1.54) is 0 Å². The van der Waals surface area contributed by atoms with Gasteiger partial charge in [0.2, 0.25) is 0 Å². The topological polar surface area (TPSA) is 92.2 Å². The van der Waals surface area contributed by atoms with Crippen molar-refractivity contribution in [3.8, 4) is 0 Å². The van der Waals surface area contributed by atoms with Gasteiger partial charge in [0.15, 0.2) is 0 Å². The number of carboxylic acids is 1. The first-order chi connectivity index (χ1) is 11.6. The lowest BCUT2D eigenvalue weighted by atomic mass is 9.86. The van der Waals surface area contributed by atoms with E-state index in [0.29, 0.717) is 23.9 Å². The van der Waals surface area contributed by atoms with E-state index in [-0.39, 0.29) is 11.9 Å². The van der Waals surface area contributed by atoms with E-state index in [2.05, 4.69) is 15.3 Å². The Balaban J connectivity index is 1.78. The van der Waals surface area contributed by atoms with Gasteiger partial charge in [-0.15, -0.1) is 0 Å². The fourth-order valence-electron chi connectivity index (χ4n) is 3.31. The number of hydrogen-bond acceptors (Lipinski definition) is 4. The van der Waals surface area contributed by atoms with E-state index in [9.17, 15) is 14.7 Å². The maximum atomic E-state index is 12.6. The summed E-state index contributed by atoms with van der Waals surface area (Å²) in [7, 11) is 0. The molecule has 0 radical (unpaired) electrons. The van der Waals surface area contributed by atoms with Crippen molar-refractivity contribution in [3.63, 3.8) is 0 Å². The molecule has 1 saturated carbocycles. The number of carbonyl (C=O) groups excluding carboxylic acids is 1. The highest BCUT2D eigenvalue weighted by atomic mass is 16.4. The second-order valence-corrected chi connectivity index (χ2v) is 6.28. The first kappa shape index (κ1) is 16.4. The van der Waals surface area contributed by atoms with Crippen molar-refractivity contribution in [3.05, 3.63) is 36.2 Å². The fraction of sp³-hybridized carbons (Fsp3) is 0.444. The number of nitrogens with one attached hydrogen (secondary N) is 1. The number of amides is 1. The van der Waals surface area contributed by atoms with Gasteiger partial charge >= 0.3 is 5.97 Å². The molecule has 2 unspecified atom stereocenters. The first-order valence-corrected chi connectivity index (χ1v) is 8.39. The molecule has 1 aromatic carbocycles. The molecule has 2 N–H and O–H groups in total. The number of carboxylic acid groups (broad SMARTS) is 1. The number of rotatable bonds is 3. The van der Waals surface area contributed by atoms with E-state index < -0.39 is 11.9 Å². The SMILES string of the molecule is O=C(NC1CCCCCCC1C(=O)O)c1ccc2nccnc2c1. The third-order valence-corrected chi connectivity index (χ3v) is 4.63. The van der Waals surface area contributed by atoms with E-state index in [4.69, 9.17) is 0 Å². The monoisotopic (exact) mass is 327 g/mol. The van der Waals surface area contributed by atoms with Crippen LogP contribution in [0.4, 0.5) is 0 Å².